The molecule has 7 heteroatoms. The van der Waals surface area contributed by atoms with Crippen LogP contribution in [0.2, 0.25) is 0 Å². The Morgan fingerprint density at radius 1 is 1.29 bits per heavy atom. The molecular weight excluding hydrogens is 288 g/mol. The van der Waals surface area contributed by atoms with E-state index in [1.165, 1.54) is 6.07 Å². The number of nitrogens with zero attached hydrogens (tertiary/aromatic N) is 4. The monoisotopic (exact) mass is 304 g/mol. The maximum atomic E-state index is 10.8. The van der Waals surface area contributed by atoms with Crippen molar-refractivity contribution in [3.63, 3.8) is 0 Å². The van der Waals surface area contributed by atoms with E-state index >= 15 is 0 Å². The van der Waals surface area contributed by atoms with E-state index < -0.39 is 0 Å². The van der Waals surface area contributed by atoms with Crippen molar-refractivity contribution in [2.45, 2.75) is 0 Å². The molecule has 1 aromatic heterocycles. The Hall–Kier alpha value is -1.99. The number of thiazole rings is 1. The lowest BCUT2D eigenvalue weighted by Crippen LogP contribution is -2.44. The molecule has 0 bridgehead atoms. The van der Waals surface area contributed by atoms with Crippen molar-refractivity contribution in [2.75, 3.05) is 38.1 Å². The molecule has 3 rings (SSSR count). The summed E-state index contributed by atoms with van der Waals surface area (Å²) in [6, 6.07) is 6.62. The average molecular weight is 304 g/mol. The highest BCUT2D eigenvalue weighted by Gasteiger charge is 2.18. The molecule has 0 spiro atoms. The van der Waals surface area contributed by atoms with Crippen molar-refractivity contribution in [1.29, 1.82) is 0 Å². The first-order valence-corrected chi connectivity index (χ1v) is 7.65. The molecule has 0 amide bonds. The van der Waals surface area contributed by atoms with Gasteiger partial charge in [-0.3, -0.25) is 10.1 Å². The number of benzene rings is 1. The Morgan fingerprint density at radius 2 is 2.05 bits per heavy atom. The summed E-state index contributed by atoms with van der Waals surface area (Å²) in [6.45, 7) is 4.01. The topological polar surface area (TPSA) is 62.5 Å². The van der Waals surface area contributed by atoms with Crippen LogP contribution in [0.1, 0.15) is 0 Å². The van der Waals surface area contributed by atoms with Gasteiger partial charge in [0, 0.05) is 49.3 Å². The quantitative estimate of drug-likeness (QED) is 0.644. The zero-order valence-corrected chi connectivity index (χ0v) is 12.5. The van der Waals surface area contributed by atoms with Crippen LogP contribution >= 0.6 is 11.3 Å². The number of hydrogen-bond donors (Lipinski definition) is 0. The van der Waals surface area contributed by atoms with Crippen LogP contribution in [0.3, 0.4) is 0 Å². The van der Waals surface area contributed by atoms with Crippen LogP contribution in [-0.2, 0) is 0 Å². The van der Waals surface area contributed by atoms with Crippen molar-refractivity contribution in [3.05, 3.63) is 39.8 Å². The fraction of sp³-hybridized carbons (Fsp3) is 0.357. The summed E-state index contributed by atoms with van der Waals surface area (Å²) in [5, 5.41) is 13.8. The van der Waals surface area contributed by atoms with Gasteiger partial charge in [0.25, 0.3) is 5.69 Å². The van der Waals surface area contributed by atoms with Gasteiger partial charge in [0.1, 0.15) is 0 Å². The smallest absolute Gasteiger partial charge is 0.270 e. The lowest BCUT2D eigenvalue weighted by atomic mass is 10.1. The lowest BCUT2D eigenvalue weighted by molar-refractivity contribution is -0.384. The van der Waals surface area contributed by atoms with Gasteiger partial charge in [0.15, 0.2) is 5.13 Å². The summed E-state index contributed by atoms with van der Waals surface area (Å²) in [5.41, 5.74) is 1.69. The average Bonchev–Trinajstić information content (AvgIpc) is 2.98. The van der Waals surface area contributed by atoms with Crippen molar-refractivity contribution < 1.29 is 4.92 Å². The first-order valence-electron chi connectivity index (χ1n) is 6.77. The van der Waals surface area contributed by atoms with E-state index in [2.05, 4.69) is 21.8 Å². The molecule has 0 radical (unpaired) electrons. The van der Waals surface area contributed by atoms with Crippen LogP contribution in [0.25, 0.3) is 11.3 Å². The Bertz CT molecular complexity index is 650. The van der Waals surface area contributed by atoms with Gasteiger partial charge in [-0.2, -0.15) is 0 Å². The molecule has 0 saturated carbocycles. The standard InChI is InChI=1S/C14H16N4O2S/c1-16-5-7-17(8-6-16)14-15-13(10-21-14)11-3-2-4-12(9-11)18(19)20/h2-4,9-10H,5-8H2,1H3. The summed E-state index contributed by atoms with van der Waals surface area (Å²) in [5.74, 6) is 0. The third kappa shape index (κ3) is 3.03. The Balaban J connectivity index is 1.81. The van der Waals surface area contributed by atoms with Crippen LogP contribution < -0.4 is 4.90 Å². The summed E-state index contributed by atoms with van der Waals surface area (Å²) >= 11 is 1.59. The molecule has 6 nitrogen and oxygen atoms in total. The minimum absolute atomic E-state index is 0.0987. The third-order valence-electron chi connectivity index (χ3n) is 3.62. The number of aromatic nitrogens is 1. The van der Waals surface area contributed by atoms with Crippen molar-refractivity contribution >= 4 is 22.2 Å². The predicted octanol–water partition coefficient (Wildman–Crippen LogP) is 2.47. The maximum Gasteiger partial charge on any atom is 0.270 e. The molecule has 0 aliphatic carbocycles. The fourth-order valence-corrected chi connectivity index (χ4v) is 3.21. The van der Waals surface area contributed by atoms with E-state index in [1.54, 1.807) is 23.5 Å². The molecule has 1 aromatic carbocycles. The van der Waals surface area contributed by atoms with Crippen LogP contribution in [0.4, 0.5) is 10.8 Å². The van der Waals surface area contributed by atoms with E-state index in [1.807, 2.05) is 11.4 Å². The first kappa shape index (κ1) is 14.0. The van der Waals surface area contributed by atoms with E-state index in [9.17, 15) is 10.1 Å². The van der Waals surface area contributed by atoms with Crippen molar-refractivity contribution in [1.82, 2.24) is 9.88 Å². The molecule has 1 aliphatic heterocycles. The largest absolute Gasteiger partial charge is 0.346 e. The predicted molar refractivity (Wildman–Crippen MR) is 83.9 cm³/mol. The van der Waals surface area contributed by atoms with Gasteiger partial charge >= 0.3 is 0 Å². The number of likely N-dealkylation sites (N-methyl/N-ethyl adjacent to an activating group) is 1. The van der Waals surface area contributed by atoms with Gasteiger partial charge < -0.3 is 9.80 Å². The molecule has 2 heterocycles. The molecule has 21 heavy (non-hydrogen) atoms. The summed E-state index contributed by atoms with van der Waals surface area (Å²) in [4.78, 5) is 19.7. The highest BCUT2D eigenvalue weighted by Crippen LogP contribution is 2.29. The second-order valence-corrected chi connectivity index (χ2v) is 5.95. The van der Waals surface area contributed by atoms with Gasteiger partial charge in [-0.1, -0.05) is 12.1 Å². The van der Waals surface area contributed by atoms with Crippen molar-refractivity contribution in [2.24, 2.45) is 0 Å². The van der Waals surface area contributed by atoms with E-state index in [0.717, 1.165) is 42.6 Å². The molecule has 2 aromatic rings. The number of non-ortho nitro benzene ring substituents is 1. The van der Waals surface area contributed by atoms with Gasteiger partial charge in [0.2, 0.25) is 0 Å². The molecule has 1 aliphatic rings. The first-order chi connectivity index (χ1) is 10.1. The molecule has 1 fully saturated rings. The van der Waals surface area contributed by atoms with Gasteiger partial charge in [-0.25, -0.2) is 4.98 Å². The second-order valence-electron chi connectivity index (χ2n) is 5.11. The Morgan fingerprint density at radius 3 is 2.76 bits per heavy atom. The van der Waals surface area contributed by atoms with Gasteiger partial charge in [0.05, 0.1) is 10.6 Å². The molecule has 110 valence electrons. The highest BCUT2D eigenvalue weighted by atomic mass is 32.1. The summed E-state index contributed by atoms with van der Waals surface area (Å²) < 4.78 is 0. The van der Waals surface area contributed by atoms with Crippen LogP contribution in [-0.4, -0.2) is 48.0 Å². The van der Waals surface area contributed by atoms with Crippen LogP contribution in [0.15, 0.2) is 29.6 Å². The van der Waals surface area contributed by atoms with E-state index in [-0.39, 0.29) is 10.6 Å². The summed E-state index contributed by atoms with van der Waals surface area (Å²) in [7, 11) is 2.12. The van der Waals surface area contributed by atoms with E-state index in [0.29, 0.717) is 0 Å². The third-order valence-corrected chi connectivity index (χ3v) is 4.52. The molecule has 0 N–H and O–H groups in total. The van der Waals surface area contributed by atoms with Gasteiger partial charge in [-0.05, 0) is 7.05 Å². The normalized spacial score (nSPS) is 16.1. The van der Waals surface area contributed by atoms with Gasteiger partial charge in [-0.15, -0.1) is 11.3 Å². The minimum Gasteiger partial charge on any atom is -0.346 e. The highest BCUT2D eigenvalue weighted by molar-refractivity contribution is 7.14. The number of nitro benzene ring substituents is 1. The maximum absolute atomic E-state index is 10.8. The molecule has 1 saturated heterocycles. The van der Waals surface area contributed by atoms with Crippen LogP contribution in [0, 0.1) is 10.1 Å². The second kappa shape index (κ2) is 5.79. The van der Waals surface area contributed by atoms with E-state index in [4.69, 9.17) is 0 Å². The SMILES string of the molecule is CN1CCN(c2nc(-c3cccc([N+](=O)[O-])c3)cs2)CC1. The minimum atomic E-state index is -0.378. The Kier molecular flexibility index (Phi) is 3.85. The fourth-order valence-electron chi connectivity index (χ4n) is 2.32. The number of anilines is 1. The molecular formula is C14H16N4O2S. The zero-order chi connectivity index (χ0) is 14.8. The van der Waals surface area contributed by atoms with Crippen LogP contribution in [0.5, 0.6) is 0 Å². The zero-order valence-electron chi connectivity index (χ0n) is 11.7. The molecule has 0 atom stereocenters. The molecule has 0 unspecified atom stereocenters. The summed E-state index contributed by atoms with van der Waals surface area (Å²) in [6.07, 6.45) is 0. The van der Waals surface area contributed by atoms with Crippen molar-refractivity contribution in [3.8, 4) is 11.3 Å². The Labute approximate surface area is 126 Å². The number of piperazine rings is 1. The number of hydrogen-bond acceptors (Lipinski definition) is 6. The number of nitro groups is 1. The number of rotatable bonds is 3. The lowest BCUT2D eigenvalue weighted by Gasteiger charge is -2.32.